The first-order valence-corrected chi connectivity index (χ1v) is 13.5. The van der Waals surface area contributed by atoms with Gasteiger partial charge in [-0.05, 0) is 41.6 Å². The Bertz CT molecular complexity index is 1780. The molecule has 0 radical (unpaired) electrons. The van der Waals surface area contributed by atoms with Gasteiger partial charge in [-0.3, -0.25) is 19.2 Å². The monoisotopic (exact) mass is 536 g/mol. The first-order chi connectivity index (χ1) is 19.3. The maximum atomic E-state index is 14.2. The van der Waals surface area contributed by atoms with Gasteiger partial charge >= 0.3 is 23.9 Å². The molecular weight excluding hydrogens is 512 g/mol. The van der Waals surface area contributed by atoms with Crippen LogP contribution in [0.5, 0.6) is 11.5 Å². The lowest BCUT2D eigenvalue weighted by Crippen LogP contribution is -2.38. The summed E-state index contributed by atoms with van der Waals surface area (Å²) in [6, 6.07) is 12.6. The molecule has 6 aliphatic rings. The van der Waals surface area contributed by atoms with Crippen molar-refractivity contribution in [3.05, 3.63) is 72.3 Å². The molecule has 2 fully saturated rings. The Kier molecular flexibility index (Phi) is 4.45. The zero-order valence-corrected chi connectivity index (χ0v) is 21.3. The van der Waals surface area contributed by atoms with Gasteiger partial charge in [-0.15, -0.1) is 0 Å². The summed E-state index contributed by atoms with van der Waals surface area (Å²) < 4.78 is 12.4. The van der Waals surface area contributed by atoms with E-state index in [0.717, 1.165) is 5.56 Å². The van der Waals surface area contributed by atoms with Crippen molar-refractivity contribution in [2.45, 2.75) is 6.92 Å². The number of carboxylic acid groups (broad SMARTS) is 2. The van der Waals surface area contributed by atoms with Gasteiger partial charge in [-0.2, -0.15) is 0 Å². The van der Waals surface area contributed by atoms with Crippen LogP contribution in [0.1, 0.15) is 5.56 Å². The number of esters is 2. The molecule has 3 aromatic carbocycles. The van der Waals surface area contributed by atoms with E-state index in [-0.39, 0.29) is 5.75 Å². The maximum absolute atomic E-state index is 14.2. The first kappa shape index (κ1) is 23.4. The van der Waals surface area contributed by atoms with E-state index in [1.807, 2.05) is 37.3 Å². The Morgan fingerprint density at radius 3 is 1.70 bits per heavy atom. The third kappa shape index (κ3) is 2.53. The Morgan fingerprint density at radius 2 is 1.15 bits per heavy atom. The summed E-state index contributed by atoms with van der Waals surface area (Å²) in [6.45, 7) is 1.86. The van der Waals surface area contributed by atoms with Crippen molar-refractivity contribution in [1.82, 2.24) is 0 Å². The topological polar surface area (TPSA) is 127 Å². The molecule has 8 heteroatoms. The van der Waals surface area contributed by atoms with E-state index in [2.05, 4.69) is 0 Å². The van der Waals surface area contributed by atoms with Crippen LogP contribution in [-0.4, -0.2) is 34.1 Å². The van der Waals surface area contributed by atoms with Crippen LogP contribution < -0.4 is 9.47 Å². The Morgan fingerprint density at radius 1 is 0.675 bits per heavy atom. The van der Waals surface area contributed by atoms with E-state index in [9.17, 15) is 29.4 Å². The molecule has 200 valence electrons. The standard InChI is InChI=1S/C32H24O8/c1-13-5-4-8-16-21(13)27-15-7-3-2-6-14(15)26(16)39-30(37)24-19-11-9-17(22(24)28(33)34)32(19)18-10-12-20(32)25(31(38)40-27)23(18)29(35)36/h2-12,17-20,22-25H,1H3,(H,33,34)(H,35,36). The van der Waals surface area contributed by atoms with Gasteiger partial charge in [-0.1, -0.05) is 66.8 Å². The van der Waals surface area contributed by atoms with E-state index in [4.69, 9.17) is 9.47 Å². The minimum Gasteiger partial charge on any atom is -0.481 e. The van der Waals surface area contributed by atoms with Gasteiger partial charge in [-0.25, -0.2) is 0 Å². The molecule has 2 aliphatic heterocycles. The molecule has 3 aromatic rings. The number of carbonyl (C=O) groups excluding carboxylic acids is 2. The SMILES string of the molecule is Cc1cccc2c3c4ccccc4c(c12)OC(=O)C1C(C(=O)O)C2C=CC1C21C2C=CC1C(C(=O)O3)C2C(=O)O. The number of ether oxygens (including phenoxy) is 2. The largest absolute Gasteiger partial charge is 0.481 e. The fraction of sp³-hybridized carbons (Fsp3) is 0.312. The van der Waals surface area contributed by atoms with E-state index < -0.39 is 76.6 Å². The van der Waals surface area contributed by atoms with Gasteiger partial charge in [0.05, 0.1) is 23.7 Å². The van der Waals surface area contributed by atoms with Crippen molar-refractivity contribution in [3.8, 4) is 11.5 Å². The third-order valence-corrected chi connectivity index (χ3v) is 10.4. The van der Waals surface area contributed by atoms with E-state index in [0.29, 0.717) is 27.3 Å². The van der Waals surface area contributed by atoms with Crippen molar-refractivity contribution in [2.75, 3.05) is 0 Å². The van der Waals surface area contributed by atoms with Crippen LogP contribution in [0, 0.1) is 59.7 Å². The summed E-state index contributed by atoms with van der Waals surface area (Å²) in [4.78, 5) is 53.9. The molecule has 8 nitrogen and oxygen atoms in total. The minimum absolute atomic E-state index is 0.290. The third-order valence-electron chi connectivity index (χ3n) is 10.4. The average molecular weight is 537 g/mol. The van der Waals surface area contributed by atoms with Gasteiger partial charge in [0.1, 0.15) is 11.5 Å². The van der Waals surface area contributed by atoms with Crippen molar-refractivity contribution in [1.29, 1.82) is 0 Å². The van der Waals surface area contributed by atoms with Gasteiger partial charge in [0.25, 0.3) is 0 Å². The fourth-order valence-electron chi connectivity index (χ4n) is 9.17. The Balaban J connectivity index is 1.47. The molecular formula is C32H24O8. The first-order valence-electron chi connectivity index (χ1n) is 13.5. The summed E-state index contributed by atoms with van der Waals surface area (Å²) in [5.41, 5.74) is -0.151. The summed E-state index contributed by atoms with van der Waals surface area (Å²) in [5, 5.41) is 23.1. The highest BCUT2D eigenvalue weighted by Gasteiger charge is 2.78. The zero-order chi connectivity index (χ0) is 27.7. The van der Waals surface area contributed by atoms with Crippen LogP contribution >= 0.6 is 0 Å². The number of allylic oxidation sites excluding steroid dienone is 4. The maximum Gasteiger partial charge on any atom is 0.315 e. The molecule has 40 heavy (non-hydrogen) atoms. The lowest BCUT2D eigenvalue weighted by molar-refractivity contribution is -0.152. The van der Waals surface area contributed by atoms with Crippen LogP contribution in [-0.2, 0) is 19.2 Å². The summed E-state index contributed by atoms with van der Waals surface area (Å²) in [5.74, 6) is -9.78. The minimum atomic E-state index is -1.14. The highest BCUT2D eigenvalue weighted by Crippen LogP contribution is 2.76. The molecule has 2 heterocycles. The van der Waals surface area contributed by atoms with E-state index in [1.54, 1.807) is 36.4 Å². The molecule has 0 aromatic heterocycles. The Labute approximate surface area is 227 Å². The second kappa shape index (κ2) is 7.59. The van der Waals surface area contributed by atoms with Crippen molar-refractivity contribution in [2.24, 2.45) is 52.8 Å². The van der Waals surface area contributed by atoms with Crippen LogP contribution in [0.15, 0.2) is 66.8 Å². The number of fused-ring (bicyclic) bond motifs is 2. The molecule has 9 rings (SSSR count). The second-order valence-electron chi connectivity index (χ2n) is 11.7. The summed E-state index contributed by atoms with van der Waals surface area (Å²) >= 11 is 0. The normalized spacial score (nSPS) is 36.4. The zero-order valence-electron chi connectivity index (χ0n) is 21.3. The second-order valence-corrected chi connectivity index (χ2v) is 11.7. The predicted octanol–water partition coefficient (Wildman–Crippen LogP) is 4.38. The van der Waals surface area contributed by atoms with E-state index in [1.165, 1.54) is 0 Å². The van der Waals surface area contributed by atoms with Gasteiger partial charge in [0.2, 0.25) is 0 Å². The molecule has 9 atom stereocenters. The molecule has 4 aliphatic carbocycles. The highest BCUT2D eigenvalue weighted by atomic mass is 16.5. The number of carboxylic acids is 2. The van der Waals surface area contributed by atoms with Crippen molar-refractivity contribution >= 4 is 45.4 Å². The van der Waals surface area contributed by atoms with Gasteiger partial charge in [0, 0.05) is 21.5 Å². The Hall–Kier alpha value is -4.46. The summed E-state index contributed by atoms with van der Waals surface area (Å²) in [7, 11) is 0. The van der Waals surface area contributed by atoms with Crippen molar-refractivity contribution < 1.29 is 38.9 Å². The molecule has 0 saturated heterocycles. The van der Waals surface area contributed by atoms with Gasteiger partial charge in [0.15, 0.2) is 0 Å². The number of aryl methyl sites for hydroxylation is 1. The fourth-order valence-corrected chi connectivity index (χ4v) is 9.17. The molecule has 2 saturated carbocycles. The lowest BCUT2D eigenvalue weighted by Gasteiger charge is -2.37. The number of aliphatic carboxylic acids is 2. The number of carbonyl (C=O) groups is 4. The van der Waals surface area contributed by atoms with Gasteiger partial charge < -0.3 is 19.7 Å². The number of hydrogen-bond donors (Lipinski definition) is 2. The van der Waals surface area contributed by atoms with Crippen LogP contribution in [0.25, 0.3) is 21.5 Å². The molecule has 2 N–H and O–H groups in total. The van der Waals surface area contributed by atoms with Crippen LogP contribution in [0.3, 0.4) is 0 Å². The quantitative estimate of drug-likeness (QED) is 0.214. The van der Waals surface area contributed by atoms with Crippen LogP contribution in [0.4, 0.5) is 0 Å². The predicted molar refractivity (Wildman–Crippen MR) is 141 cm³/mol. The molecule has 9 bridgehead atoms. The smallest absolute Gasteiger partial charge is 0.315 e. The van der Waals surface area contributed by atoms with Crippen LogP contribution in [0.2, 0.25) is 0 Å². The van der Waals surface area contributed by atoms with Crippen molar-refractivity contribution in [3.63, 3.8) is 0 Å². The molecule has 1 spiro atoms. The number of hydrogen-bond acceptors (Lipinski definition) is 6. The number of benzene rings is 3. The summed E-state index contributed by atoms with van der Waals surface area (Å²) in [6.07, 6.45) is 7.31. The number of rotatable bonds is 2. The average Bonchev–Trinajstić information content (AvgIpc) is 3.66. The lowest BCUT2D eigenvalue weighted by atomic mass is 9.65. The van der Waals surface area contributed by atoms with E-state index >= 15 is 0 Å². The molecule has 0 amide bonds. The molecule has 9 unspecified atom stereocenters. The highest BCUT2D eigenvalue weighted by molar-refractivity contribution is 6.14.